The van der Waals surface area contributed by atoms with Crippen LogP contribution in [0, 0.1) is 11.3 Å². The van der Waals surface area contributed by atoms with Crippen molar-refractivity contribution in [1.29, 1.82) is 5.26 Å². The topological polar surface area (TPSA) is 71.9 Å². The van der Waals surface area contributed by atoms with E-state index in [4.69, 9.17) is 14.5 Å². The van der Waals surface area contributed by atoms with Crippen molar-refractivity contribution in [3.63, 3.8) is 0 Å². The highest BCUT2D eigenvalue weighted by atomic mass is 19.3. The third-order valence-corrected chi connectivity index (χ3v) is 1.90. The summed E-state index contributed by atoms with van der Waals surface area (Å²) in [6.45, 7) is -0.436. The first-order valence-electron chi connectivity index (χ1n) is 5.26. The Morgan fingerprint density at radius 2 is 2.24 bits per heavy atom. The molecule has 7 heteroatoms. The summed E-state index contributed by atoms with van der Waals surface area (Å²) >= 11 is 0. The van der Waals surface area contributed by atoms with E-state index in [-0.39, 0.29) is 6.61 Å². The van der Waals surface area contributed by atoms with Gasteiger partial charge in [0.2, 0.25) is 5.89 Å². The zero-order valence-electron chi connectivity index (χ0n) is 9.23. The van der Waals surface area contributed by atoms with Crippen molar-refractivity contribution in [3.05, 3.63) is 11.7 Å². The van der Waals surface area contributed by atoms with Crippen LogP contribution in [0.25, 0.3) is 0 Å². The molecule has 0 aliphatic rings. The van der Waals surface area contributed by atoms with Gasteiger partial charge in [-0.2, -0.15) is 10.2 Å². The standard InChI is InChI=1S/C10H13F2N3O2/c11-8(12)7-16-6-4-9-14-10(17-15-9)3-1-2-5-13/h8H,1-4,6-7H2. The van der Waals surface area contributed by atoms with Crippen LogP contribution in [0.5, 0.6) is 0 Å². The molecule has 0 bridgehead atoms. The van der Waals surface area contributed by atoms with Gasteiger partial charge in [0.25, 0.3) is 6.43 Å². The van der Waals surface area contributed by atoms with Crippen LogP contribution in [0.4, 0.5) is 8.78 Å². The predicted octanol–water partition coefficient (Wildman–Crippen LogP) is 1.74. The molecule has 0 atom stereocenters. The Kier molecular flexibility index (Phi) is 6.10. The third kappa shape index (κ3) is 5.92. The molecule has 5 nitrogen and oxygen atoms in total. The van der Waals surface area contributed by atoms with E-state index in [9.17, 15) is 8.78 Å². The van der Waals surface area contributed by atoms with Crippen LogP contribution in [0.3, 0.4) is 0 Å². The maximum absolute atomic E-state index is 11.7. The molecular formula is C10H13F2N3O2. The van der Waals surface area contributed by atoms with Crippen molar-refractivity contribution in [2.45, 2.75) is 32.1 Å². The van der Waals surface area contributed by atoms with Gasteiger partial charge in [0, 0.05) is 19.3 Å². The van der Waals surface area contributed by atoms with Gasteiger partial charge in [0.05, 0.1) is 12.7 Å². The van der Waals surface area contributed by atoms with Gasteiger partial charge in [-0.1, -0.05) is 5.16 Å². The van der Waals surface area contributed by atoms with E-state index < -0.39 is 13.0 Å². The Hall–Kier alpha value is -1.55. The fraction of sp³-hybridized carbons (Fsp3) is 0.700. The van der Waals surface area contributed by atoms with Crippen molar-refractivity contribution in [2.24, 2.45) is 0 Å². The zero-order valence-corrected chi connectivity index (χ0v) is 9.23. The quantitative estimate of drug-likeness (QED) is 0.652. The van der Waals surface area contributed by atoms with Crippen LogP contribution in [-0.4, -0.2) is 29.8 Å². The molecule has 0 aliphatic heterocycles. The fourth-order valence-electron chi connectivity index (χ4n) is 1.15. The summed E-state index contributed by atoms with van der Waals surface area (Å²) in [7, 11) is 0. The van der Waals surface area contributed by atoms with Crippen LogP contribution < -0.4 is 0 Å². The molecule has 1 heterocycles. The second kappa shape index (κ2) is 7.68. The van der Waals surface area contributed by atoms with E-state index in [0.29, 0.717) is 37.4 Å². The number of nitriles is 1. The number of hydrogen-bond donors (Lipinski definition) is 0. The maximum atomic E-state index is 11.7. The minimum absolute atomic E-state index is 0.140. The van der Waals surface area contributed by atoms with Crippen LogP contribution in [0.2, 0.25) is 0 Å². The average Bonchev–Trinajstić information content (AvgIpc) is 2.73. The number of nitrogens with zero attached hydrogens (tertiary/aromatic N) is 3. The van der Waals surface area contributed by atoms with Crippen LogP contribution >= 0.6 is 0 Å². The van der Waals surface area contributed by atoms with Gasteiger partial charge in [0.15, 0.2) is 5.82 Å². The predicted molar refractivity (Wildman–Crippen MR) is 53.4 cm³/mol. The fourth-order valence-corrected chi connectivity index (χ4v) is 1.15. The highest BCUT2D eigenvalue weighted by molar-refractivity contribution is 4.87. The molecule has 1 aromatic heterocycles. The Labute approximate surface area is 97.4 Å². The first-order valence-corrected chi connectivity index (χ1v) is 5.26. The highest BCUT2D eigenvalue weighted by Gasteiger charge is 2.07. The minimum Gasteiger partial charge on any atom is -0.375 e. The summed E-state index contributed by atoms with van der Waals surface area (Å²) in [5.74, 6) is 0.898. The number of aryl methyl sites for hydroxylation is 1. The molecule has 94 valence electrons. The minimum atomic E-state index is -2.46. The van der Waals surface area contributed by atoms with Crippen LogP contribution in [0.15, 0.2) is 4.52 Å². The lowest BCUT2D eigenvalue weighted by Crippen LogP contribution is -2.07. The largest absolute Gasteiger partial charge is 0.375 e. The van der Waals surface area contributed by atoms with Gasteiger partial charge < -0.3 is 9.26 Å². The molecule has 0 amide bonds. The Bertz CT molecular complexity index is 363. The van der Waals surface area contributed by atoms with E-state index in [0.717, 1.165) is 0 Å². The van der Waals surface area contributed by atoms with Crippen molar-refractivity contribution in [2.75, 3.05) is 13.2 Å². The summed E-state index contributed by atoms with van der Waals surface area (Å²) in [5.41, 5.74) is 0. The van der Waals surface area contributed by atoms with Gasteiger partial charge in [-0.3, -0.25) is 0 Å². The smallest absolute Gasteiger partial charge is 0.261 e. The Morgan fingerprint density at radius 3 is 2.94 bits per heavy atom. The molecule has 0 radical (unpaired) electrons. The summed E-state index contributed by atoms with van der Waals surface area (Å²) in [6.07, 6.45) is -0.455. The summed E-state index contributed by atoms with van der Waals surface area (Å²) < 4.78 is 33.1. The van der Waals surface area contributed by atoms with E-state index in [1.807, 2.05) is 6.07 Å². The SMILES string of the molecule is N#CCCCc1nc(CCOCC(F)F)no1. The van der Waals surface area contributed by atoms with E-state index >= 15 is 0 Å². The second-order valence-electron chi connectivity index (χ2n) is 3.33. The van der Waals surface area contributed by atoms with Crippen molar-refractivity contribution in [1.82, 2.24) is 10.1 Å². The molecule has 1 aromatic rings. The number of ether oxygens (including phenoxy) is 1. The van der Waals surface area contributed by atoms with E-state index in [2.05, 4.69) is 10.1 Å². The van der Waals surface area contributed by atoms with Crippen LogP contribution in [-0.2, 0) is 17.6 Å². The molecule has 0 saturated carbocycles. The first-order chi connectivity index (χ1) is 8.22. The molecule has 0 fully saturated rings. The molecular weight excluding hydrogens is 232 g/mol. The molecule has 1 rings (SSSR count). The molecule has 0 spiro atoms. The summed E-state index contributed by atoms with van der Waals surface area (Å²) in [5, 5.41) is 12.0. The maximum Gasteiger partial charge on any atom is 0.261 e. The van der Waals surface area contributed by atoms with Gasteiger partial charge >= 0.3 is 0 Å². The number of alkyl halides is 2. The van der Waals surface area contributed by atoms with E-state index in [1.54, 1.807) is 0 Å². The van der Waals surface area contributed by atoms with Crippen molar-refractivity contribution < 1.29 is 18.0 Å². The molecule has 0 N–H and O–H groups in total. The third-order valence-electron chi connectivity index (χ3n) is 1.90. The first kappa shape index (κ1) is 13.5. The Balaban J connectivity index is 2.19. The van der Waals surface area contributed by atoms with Crippen LogP contribution in [0.1, 0.15) is 24.6 Å². The Morgan fingerprint density at radius 1 is 1.41 bits per heavy atom. The lowest BCUT2D eigenvalue weighted by Gasteiger charge is -1.99. The van der Waals surface area contributed by atoms with Gasteiger partial charge in [0.1, 0.15) is 6.61 Å². The summed E-state index contributed by atoms with van der Waals surface area (Å²) in [4.78, 5) is 4.04. The number of halogens is 2. The van der Waals surface area contributed by atoms with Gasteiger partial charge in [-0.05, 0) is 6.42 Å². The number of aromatic nitrogens is 2. The number of unbranched alkanes of at least 4 members (excludes halogenated alkanes) is 1. The van der Waals surface area contributed by atoms with Crippen molar-refractivity contribution in [3.8, 4) is 6.07 Å². The lowest BCUT2D eigenvalue weighted by atomic mass is 10.2. The normalized spacial score (nSPS) is 10.7. The molecule has 0 aromatic carbocycles. The molecule has 17 heavy (non-hydrogen) atoms. The molecule has 0 saturated heterocycles. The van der Waals surface area contributed by atoms with Crippen molar-refractivity contribution >= 4 is 0 Å². The van der Waals surface area contributed by atoms with Gasteiger partial charge in [-0.25, -0.2) is 8.78 Å². The number of hydrogen-bond acceptors (Lipinski definition) is 5. The summed E-state index contributed by atoms with van der Waals surface area (Å²) in [6, 6.07) is 2.02. The lowest BCUT2D eigenvalue weighted by molar-refractivity contribution is 0.0182. The van der Waals surface area contributed by atoms with Gasteiger partial charge in [-0.15, -0.1) is 0 Å². The second-order valence-corrected chi connectivity index (χ2v) is 3.33. The molecule has 0 aliphatic carbocycles. The average molecular weight is 245 g/mol. The monoisotopic (exact) mass is 245 g/mol. The zero-order chi connectivity index (χ0) is 12.5. The highest BCUT2D eigenvalue weighted by Crippen LogP contribution is 2.03. The number of rotatable bonds is 8. The molecule has 0 unspecified atom stereocenters. The van der Waals surface area contributed by atoms with E-state index in [1.165, 1.54) is 0 Å².